The molecule has 1 aromatic heterocycles. The number of halogens is 2. The van der Waals surface area contributed by atoms with Crippen LogP contribution in [0.3, 0.4) is 0 Å². The number of carbonyl (C=O) groups excluding carboxylic acids is 1. The zero-order chi connectivity index (χ0) is 23.4. The van der Waals surface area contributed by atoms with Crippen molar-refractivity contribution in [2.24, 2.45) is 5.10 Å². The van der Waals surface area contributed by atoms with Gasteiger partial charge in [-0.25, -0.2) is 9.59 Å². The van der Waals surface area contributed by atoms with Crippen molar-refractivity contribution in [3.8, 4) is 11.5 Å². The maximum Gasteiger partial charge on any atom is 0.349 e. The number of esters is 1. The van der Waals surface area contributed by atoms with Gasteiger partial charge in [-0.15, -0.1) is 4.68 Å². The Morgan fingerprint density at radius 3 is 2.66 bits per heavy atom. The van der Waals surface area contributed by atoms with Crippen LogP contribution < -0.4 is 20.7 Å². The molecule has 3 rings (SSSR count). The fraction of sp³-hybridized carbons (Fsp3) is 0.238. The number of carbonyl (C=O) groups is 1. The number of methoxy groups -OCH3 is 1. The second-order valence-electron chi connectivity index (χ2n) is 6.47. The lowest BCUT2D eigenvalue weighted by molar-refractivity contribution is -0.150. The van der Waals surface area contributed by atoms with Crippen molar-refractivity contribution in [2.75, 3.05) is 13.7 Å². The van der Waals surface area contributed by atoms with Gasteiger partial charge >= 0.3 is 11.7 Å². The number of para-hydroxylation sites is 1. The van der Waals surface area contributed by atoms with Gasteiger partial charge in [-0.05, 0) is 63.9 Å². The van der Waals surface area contributed by atoms with E-state index < -0.39 is 23.3 Å². The molecular formula is C21H19Br2N3O6. The number of nitrogens with zero attached hydrogens (tertiary/aromatic N) is 2. The van der Waals surface area contributed by atoms with Gasteiger partial charge in [-0.2, -0.15) is 5.10 Å². The lowest BCUT2D eigenvalue weighted by atomic mass is 10.2. The number of fused-ring (bicyclic) bond motifs is 1. The van der Waals surface area contributed by atoms with E-state index in [1.807, 2.05) is 0 Å². The van der Waals surface area contributed by atoms with Crippen molar-refractivity contribution in [1.29, 1.82) is 0 Å². The van der Waals surface area contributed by atoms with Crippen LogP contribution in [0, 0.1) is 0 Å². The van der Waals surface area contributed by atoms with E-state index in [4.69, 9.17) is 14.2 Å². The lowest BCUT2D eigenvalue weighted by Gasteiger charge is -2.18. The molecule has 2 aromatic carbocycles. The summed E-state index contributed by atoms with van der Waals surface area (Å²) in [5, 5.41) is 4.39. The van der Waals surface area contributed by atoms with Crippen LogP contribution in [-0.4, -0.2) is 41.7 Å². The molecule has 0 radical (unpaired) electrons. The first-order valence-electron chi connectivity index (χ1n) is 9.46. The number of hydrogen-bond donors (Lipinski definition) is 1. The molecule has 0 spiro atoms. The SMILES string of the molecule is CCOC(=O)[C@H](C)Oc1c(OC)cc(C=Nn2c(=O)[nH]c3ccccc3c2=O)c(Br)c1Br. The van der Waals surface area contributed by atoms with Crippen LogP contribution in [0.2, 0.25) is 0 Å². The van der Waals surface area contributed by atoms with E-state index in [1.54, 1.807) is 44.2 Å². The van der Waals surface area contributed by atoms with Crippen LogP contribution in [0.1, 0.15) is 19.4 Å². The molecule has 3 aromatic rings. The summed E-state index contributed by atoms with van der Waals surface area (Å²) in [6, 6.07) is 8.25. The maximum atomic E-state index is 12.7. The minimum absolute atomic E-state index is 0.233. The van der Waals surface area contributed by atoms with E-state index in [-0.39, 0.29) is 12.4 Å². The Labute approximate surface area is 199 Å². The average molecular weight is 569 g/mol. The molecule has 1 heterocycles. The molecule has 0 saturated heterocycles. The fourth-order valence-electron chi connectivity index (χ4n) is 2.82. The van der Waals surface area contributed by atoms with Crippen molar-refractivity contribution in [3.05, 3.63) is 65.7 Å². The predicted molar refractivity (Wildman–Crippen MR) is 127 cm³/mol. The summed E-state index contributed by atoms with van der Waals surface area (Å²) in [6.07, 6.45) is 0.461. The Kier molecular flexibility index (Phi) is 7.52. The summed E-state index contributed by atoms with van der Waals surface area (Å²) in [5.74, 6) is 0.0633. The standard InChI is InChI=1S/C21H19Br2N3O6/c1-4-31-20(28)11(2)32-18-15(30-3)9-12(16(22)17(18)23)10-24-26-19(27)13-7-5-6-8-14(13)25-21(26)29/h5-11H,4H2,1-3H3,(H,25,29)/t11-/m0/s1. The smallest absolute Gasteiger partial charge is 0.349 e. The monoisotopic (exact) mass is 567 g/mol. The average Bonchev–Trinajstić information content (AvgIpc) is 2.78. The highest BCUT2D eigenvalue weighted by molar-refractivity contribution is 9.13. The van der Waals surface area contributed by atoms with Gasteiger partial charge in [0.2, 0.25) is 0 Å². The van der Waals surface area contributed by atoms with E-state index in [2.05, 4.69) is 41.9 Å². The van der Waals surface area contributed by atoms with Crippen LogP contribution in [-0.2, 0) is 9.53 Å². The van der Waals surface area contributed by atoms with Crippen LogP contribution in [0.5, 0.6) is 11.5 Å². The molecule has 0 aliphatic heterocycles. The zero-order valence-corrected chi connectivity index (χ0v) is 20.5. The zero-order valence-electron chi connectivity index (χ0n) is 17.3. The minimum Gasteiger partial charge on any atom is -0.493 e. The summed E-state index contributed by atoms with van der Waals surface area (Å²) >= 11 is 6.86. The summed E-state index contributed by atoms with van der Waals surface area (Å²) < 4.78 is 17.8. The third kappa shape index (κ3) is 4.78. The largest absolute Gasteiger partial charge is 0.493 e. The summed E-state index contributed by atoms with van der Waals surface area (Å²) in [5.41, 5.74) is -0.303. The molecule has 0 fully saturated rings. The number of ether oxygens (including phenoxy) is 3. The molecule has 0 bridgehead atoms. The lowest BCUT2D eigenvalue weighted by Crippen LogP contribution is -2.32. The summed E-state index contributed by atoms with van der Waals surface area (Å²) in [7, 11) is 1.44. The topological polar surface area (TPSA) is 112 Å². The predicted octanol–water partition coefficient (Wildman–Crippen LogP) is 3.44. The van der Waals surface area contributed by atoms with Gasteiger partial charge in [0, 0.05) is 10.0 Å². The summed E-state index contributed by atoms with van der Waals surface area (Å²) in [4.78, 5) is 39.5. The van der Waals surface area contributed by atoms with Gasteiger partial charge in [-0.1, -0.05) is 12.1 Å². The third-order valence-electron chi connectivity index (χ3n) is 4.39. The number of nitrogens with one attached hydrogen (secondary N) is 1. The molecule has 11 heteroatoms. The first-order valence-corrected chi connectivity index (χ1v) is 11.0. The molecule has 0 amide bonds. The van der Waals surface area contributed by atoms with Crippen molar-refractivity contribution < 1.29 is 19.0 Å². The molecule has 168 valence electrons. The molecule has 0 unspecified atom stereocenters. The molecule has 1 atom stereocenters. The number of H-pyrrole nitrogens is 1. The van der Waals surface area contributed by atoms with Gasteiger partial charge in [-0.3, -0.25) is 4.79 Å². The summed E-state index contributed by atoms with van der Waals surface area (Å²) in [6.45, 7) is 3.50. The van der Waals surface area contributed by atoms with Gasteiger partial charge in [0.15, 0.2) is 17.6 Å². The normalized spacial score (nSPS) is 12.2. The Morgan fingerprint density at radius 1 is 1.25 bits per heavy atom. The van der Waals surface area contributed by atoms with Crippen molar-refractivity contribution >= 4 is 54.9 Å². The molecule has 9 nitrogen and oxygen atoms in total. The third-order valence-corrected chi connectivity index (χ3v) is 6.53. The molecule has 32 heavy (non-hydrogen) atoms. The van der Waals surface area contributed by atoms with E-state index in [0.29, 0.717) is 31.2 Å². The fourth-order valence-corrected chi connectivity index (χ4v) is 3.74. The molecule has 1 N–H and O–H groups in total. The first-order chi connectivity index (χ1) is 15.3. The van der Waals surface area contributed by atoms with Crippen LogP contribution >= 0.6 is 31.9 Å². The molecule has 0 saturated carbocycles. The molecule has 0 aliphatic carbocycles. The second kappa shape index (κ2) is 10.1. The Hall–Kier alpha value is -2.92. The highest BCUT2D eigenvalue weighted by Crippen LogP contribution is 2.42. The molecular weight excluding hydrogens is 550 g/mol. The van der Waals surface area contributed by atoms with Crippen molar-refractivity contribution in [3.63, 3.8) is 0 Å². The number of aromatic amines is 1. The van der Waals surface area contributed by atoms with E-state index in [9.17, 15) is 14.4 Å². The van der Waals surface area contributed by atoms with E-state index in [1.165, 1.54) is 13.3 Å². The van der Waals surface area contributed by atoms with E-state index in [0.717, 1.165) is 4.68 Å². The quantitative estimate of drug-likeness (QED) is 0.345. The minimum atomic E-state index is -0.874. The Balaban J connectivity index is 2.01. The maximum absolute atomic E-state index is 12.7. The second-order valence-corrected chi connectivity index (χ2v) is 8.06. The van der Waals surface area contributed by atoms with Crippen LogP contribution in [0.4, 0.5) is 0 Å². The van der Waals surface area contributed by atoms with Gasteiger partial charge in [0.25, 0.3) is 5.56 Å². The molecule has 0 aliphatic rings. The van der Waals surface area contributed by atoms with Crippen molar-refractivity contribution in [2.45, 2.75) is 20.0 Å². The Bertz CT molecular complexity index is 1320. The first kappa shape index (κ1) is 23.7. The van der Waals surface area contributed by atoms with Gasteiger partial charge in [0.1, 0.15) is 0 Å². The highest BCUT2D eigenvalue weighted by Gasteiger charge is 2.22. The number of rotatable bonds is 7. The number of benzene rings is 2. The van der Waals surface area contributed by atoms with Crippen LogP contribution in [0.25, 0.3) is 10.9 Å². The number of hydrogen-bond acceptors (Lipinski definition) is 7. The Morgan fingerprint density at radius 2 is 1.97 bits per heavy atom. The van der Waals surface area contributed by atoms with Crippen LogP contribution in [0.15, 0.2) is 54.0 Å². The van der Waals surface area contributed by atoms with Gasteiger partial charge < -0.3 is 19.2 Å². The van der Waals surface area contributed by atoms with E-state index >= 15 is 0 Å². The van der Waals surface area contributed by atoms with Gasteiger partial charge in [0.05, 0.1) is 35.3 Å². The van der Waals surface area contributed by atoms with Crippen molar-refractivity contribution in [1.82, 2.24) is 9.66 Å². The highest BCUT2D eigenvalue weighted by atomic mass is 79.9. The number of aromatic nitrogens is 2.